The van der Waals surface area contributed by atoms with Gasteiger partial charge in [-0.25, -0.2) is 0 Å². The average Bonchev–Trinajstić information content (AvgIpc) is 3.48. The van der Waals surface area contributed by atoms with Crippen molar-refractivity contribution >= 4 is 0 Å². The lowest BCUT2D eigenvalue weighted by atomic mass is 9.87. The fourth-order valence-electron chi connectivity index (χ4n) is 6.50. The summed E-state index contributed by atoms with van der Waals surface area (Å²) in [5.41, 5.74) is -0.538. The summed E-state index contributed by atoms with van der Waals surface area (Å²) in [6, 6.07) is 9.68. The fourth-order valence-corrected chi connectivity index (χ4v) is 6.50. The molecule has 2 aromatic carbocycles. The predicted octanol–water partition coefficient (Wildman–Crippen LogP) is 8.82. The zero-order valence-corrected chi connectivity index (χ0v) is 22.8. The quantitative estimate of drug-likeness (QED) is 0.350. The van der Waals surface area contributed by atoms with Crippen molar-refractivity contribution in [3.8, 4) is 0 Å². The number of halogens is 6. The first-order chi connectivity index (χ1) is 17.5. The van der Waals surface area contributed by atoms with E-state index in [1.165, 1.54) is 18.2 Å². The van der Waals surface area contributed by atoms with Crippen LogP contribution in [0.5, 0.6) is 0 Å². The van der Waals surface area contributed by atoms with Crippen molar-refractivity contribution < 1.29 is 26.3 Å². The van der Waals surface area contributed by atoms with Crippen LogP contribution in [0.25, 0.3) is 0 Å². The standard InChI is InChI=1S/C30H38F6N2/c1-27(2,3)37-15-8-12-26(37)23-14-13-20(17-24(23)30(34,35)36)19-28(4,5)38-16-7-11-25(38)21-9-6-10-22(18-21)29(31,32)33/h6,9-10,13-14,17-18,25-26H,7-8,11-12,15-16,19H2,1-5H3. The number of hydrogen-bond acceptors (Lipinski definition) is 2. The van der Waals surface area contributed by atoms with Crippen molar-refractivity contribution in [3.05, 3.63) is 70.3 Å². The minimum Gasteiger partial charge on any atom is -0.291 e. The van der Waals surface area contributed by atoms with Crippen LogP contribution in [0.4, 0.5) is 26.3 Å². The van der Waals surface area contributed by atoms with Gasteiger partial charge >= 0.3 is 12.4 Å². The van der Waals surface area contributed by atoms with Gasteiger partial charge in [0.15, 0.2) is 0 Å². The first-order valence-electron chi connectivity index (χ1n) is 13.4. The second-order valence-corrected chi connectivity index (χ2v) is 12.4. The number of rotatable bonds is 5. The molecule has 2 saturated heterocycles. The van der Waals surface area contributed by atoms with E-state index in [4.69, 9.17) is 0 Å². The molecule has 2 unspecified atom stereocenters. The van der Waals surface area contributed by atoms with Gasteiger partial charge < -0.3 is 0 Å². The van der Waals surface area contributed by atoms with Gasteiger partial charge in [0.2, 0.25) is 0 Å². The summed E-state index contributed by atoms with van der Waals surface area (Å²) < 4.78 is 83.0. The molecule has 4 rings (SSSR count). The van der Waals surface area contributed by atoms with Crippen LogP contribution in [0, 0.1) is 0 Å². The summed E-state index contributed by atoms with van der Waals surface area (Å²) >= 11 is 0. The SMILES string of the molecule is CC(C)(C)N1CCCC1c1ccc(CC(C)(C)N2CCCC2c2cccc(C(F)(F)F)c2)cc1C(F)(F)F. The minimum absolute atomic E-state index is 0.215. The van der Waals surface area contributed by atoms with E-state index in [0.29, 0.717) is 42.5 Å². The molecular weight excluding hydrogens is 502 g/mol. The summed E-state index contributed by atoms with van der Waals surface area (Å²) in [5, 5.41) is 0. The van der Waals surface area contributed by atoms with Crippen molar-refractivity contribution in [2.75, 3.05) is 13.1 Å². The Hall–Kier alpha value is -2.06. The zero-order chi connectivity index (χ0) is 28.1. The summed E-state index contributed by atoms with van der Waals surface area (Å²) in [5.74, 6) is 0. The molecular formula is C30H38F6N2. The highest BCUT2D eigenvalue weighted by atomic mass is 19.4. The summed E-state index contributed by atoms with van der Waals surface area (Å²) in [7, 11) is 0. The zero-order valence-electron chi connectivity index (χ0n) is 22.8. The van der Waals surface area contributed by atoms with Gasteiger partial charge in [-0.05, 0) is 115 Å². The molecule has 0 N–H and O–H groups in total. The Morgan fingerprint density at radius 2 is 1.37 bits per heavy atom. The largest absolute Gasteiger partial charge is 0.416 e. The number of alkyl halides is 6. The molecule has 2 nitrogen and oxygen atoms in total. The van der Waals surface area contributed by atoms with Crippen LogP contribution in [-0.4, -0.2) is 34.0 Å². The first kappa shape index (κ1) is 28.9. The Morgan fingerprint density at radius 1 is 0.737 bits per heavy atom. The van der Waals surface area contributed by atoms with Crippen LogP contribution in [-0.2, 0) is 18.8 Å². The Bertz CT molecular complexity index is 1130. The Kier molecular flexibility index (Phi) is 7.74. The third-order valence-electron chi connectivity index (χ3n) is 8.16. The molecule has 0 aromatic heterocycles. The number of nitrogens with zero attached hydrogens (tertiary/aromatic N) is 2. The highest BCUT2D eigenvalue weighted by Crippen LogP contribution is 2.45. The van der Waals surface area contributed by atoms with Crippen LogP contribution in [0.15, 0.2) is 42.5 Å². The van der Waals surface area contributed by atoms with Crippen molar-refractivity contribution in [3.63, 3.8) is 0 Å². The smallest absolute Gasteiger partial charge is 0.291 e. The Labute approximate surface area is 222 Å². The van der Waals surface area contributed by atoms with Gasteiger partial charge in [0.05, 0.1) is 11.1 Å². The van der Waals surface area contributed by atoms with Crippen molar-refractivity contribution in [1.82, 2.24) is 9.80 Å². The van der Waals surface area contributed by atoms with Gasteiger partial charge in [0.1, 0.15) is 0 Å². The topological polar surface area (TPSA) is 6.48 Å². The molecule has 0 bridgehead atoms. The van der Waals surface area contributed by atoms with Crippen LogP contribution in [0.2, 0.25) is 0 Å². The van der Waals surface area contributed by atoms with Gasteiger partial charge in [-0.15, -0.1) is 0 Å². The lowest BCUT2D eigenvalue weighted by molar-refractivity contribution is -0.139. The van der Waals surface area contributed by atoms with Crippen molar-refractivity contribution in [2.45, 2.75) is 102 Å². The molecule has 0 spiro atoms. The van der Waals surface area contributed by atoms with Crippen LogP contribution in [0.1, 0.15) is 100 Å². The molecule has 2 atom stereocenters. The first-order valence-corrected chi connectivity index (χ1v) is 13.4. The van der Waals surface area contributed by atoms with E-state index < -0.39 is 29.0 Å². The van der Waals surface area contributed by atoms with E-state index in [9.17, 15) is 26.3 Å². The van der Waals surface area contributed by atoms with E-state index in [1.807, 2.05) is 34.6 Å². The summed E-state index contributed by atoms with van der Waals surface area (Å²) in [6.45, 7) is 11.5. The van der Waals surface area contributed by atoms with Gasteiger partial charge in [-0.1, -0.05) is 24.3 Å². The molecule has 2 aliphatic heterocycles. The molecule has 8 heteroatoms. The third kappa shape index (κ3) is 6.06. The molecule has 0 radical (unpaired) electrons. The highest BCUT2D eigenvalue weighted by molar-refractivity contribution is 5.38. The average molecular weight is 541 g/mol. The molecule has 2 aromatic rings. The Balaban J connectivity index is 1.62. The summed E-state index contributed by atoms with van der Waals surface area (Å²) in [6.07, 6.45) is -5.46. The van der Waals surface area contributed by atoms with Gasteiger partial charge in [0.25, 0.3) is 0 Å². The van der Waals surface area contributed by atoms with Crippen molar-refractivity contribution in [1.29, 1.82) is 0 Å². The highest BCUT2D eigenvalue weighted by Gasteiger charge is 2.42. The van der Waals surface area contributed by atoms with Crippen LogP contribution in [0.3, 0.4) is 0 Å². The number of likely N-dealkylation sites (tertiary alicyclic amines) is 2. The van der Waals surface area contributed by atoms with E-state index >= 15 is 0 Å². The van der Waals surface area contributed by atoms with Gasteiger partial charge in [-0.3, -0.25) is 9.80 Å². The molecule has 0 aliphatic carbocycles. The second-order valence-electron chi connectivity index (χ2n) is 12.4. The third-order valence-corrected chi connectivity index (χ3v) is 8.16. The predicted molar refractivity (Wildman–Crippen MR) is 138 cm³/mol. The van der Waals surface area contributed by atoms with Crippen molar-refractivity contribution in [2.24, 2.45) is 0 Å². The maximum Gasteiger partial charge on any atom is 0.416 e. The molecule has 38 heavy (non-hydrogen) atoms. The van der Waals surface area contributed by atoms with E-state index in [0.717, 1.165) is 25.5 Å². The fraction of sp³-hybridized carbons (Fsp3) is 0.600. The van der Waals surface area contributed by atoms with E-state index in [2.05, 4.69) is 9.80 Å². The summed E-state index contributed by atoms with van der Waals surface area (Å²) in [4.78, 5) is 4.31. The molecule has 2 fully saturated rings. The maximum atomic E-state index is 14.3. The monoisotopic (exact) mass is 540 g/mol. The molecule has 0 amide bonds. The number of hydrogen-bond donors (Lipinski definition) is 0. The van der Waals surface area contributed by atoms with Crippen LogP contribution < -0.4 is 0 Å². The lowest BCUT2D eigenvalue weighted by Gasteiger charge is -2.41. The molecule has 2 aliphatic rings. The van der Waals surface area contributed by atoms with Gasteiger partial charge in [0, 0.05) is 23.2 Å². The molecule has 210 valence electrons. The van der Waals surface area contributed by atoms with E-state index in [-0.39, 0.29) is 17.6 Å². The maximum absolute atomic E-state index is 14.3. The van der Waals surface area contributed by atoms with Crippen LogP contribution >= 0.6 is 0 Å². The minimum atomic E-state index is -4.48. The lowest BCUT2D eigenvalue weighted by Crippen LogP contribution is -2.45. The van der Waals surface area contributed by atoms with E-state index in [1.54, 1.807) is 18.2 Å². The molecule has 2 heterocycles. The Morgan fingerprint density at radius 3 is 1.97 bits per heavy atom. The second kappa shape index (κ2) is 10.2. The van der Waals surface area contributed by atoms with Gasteiger partial charge in [-0.2, -0.15) is 26.3 Å². The molecule has 0 saturated carbocycles. The number of benzene rings is 2. The normalized spacial score (nSPS) is 22.4.